The van der Waals surface area contributed by atoms with Gasteiger partial charge in [0, 0.05) is 13.1 Å². The van der Waals surface area contributed by atoms with Crippen LogP contribution in [0.1, 0.15) is 16.7 Å². The van der Waals surface area contributed by atoms with E-state index in [4.69, 9.17) is 0 Å². The van der Waals surface area contributed by atoms with Gasteiger partial charge in [-0.25, -0.2) is 4.39 Å². The fourth-order valence-corrected chi connectivity index (χ4v) is 1.78. The van der Waals surface area contributed by atoms with Gasteiger partial charge in [-0.3, -0.25) is 0 Å². The lowest BCUT2D eigenvalue weighted by Gasteiger charge is -2.08. The second kappa shape index (κ2) is 5.60. The summed E-state index contributed by atoms with van der Waals surface area (Å²) in [7, 11) is 0. The van der Waals surface area contributed by atoms with E-state index < -0.39 is 0 Å². The SMILES string of the molecule is Cc1c(F)cccc1CNCc1ccccc1. The molecule has 0 aliphatic carbocycles. The number of hydrogen-bond donors (Lipinski definition) is 1. The molecule has 88 valence electrons. The van der Waals surface area contributed by atoms with Gasteiger partial charge in [0.15, 0.2) is 0 Å². The fraction of sp³-hybridized carbons (Fsp3) is 0.200. The van der Waals surface area contributed by atoms with Crippen LogP contribution in [-0.2, 0) is 13.1 Å². The first-order chi connectivity index (χ1) is 8.27. The number of halogens is 1. The summed E-state index contributed by atoms with van der Waals surface area (Å²) in [6.07, 6.45) is 0. The molecule has 0 amide bonds. The van der Waals surface area contributed by atoms with Crippen LogP contribution in [0.25, 0.3) is 0 Å². The van der Waals surface area contributed by atoms with E-state index >= 15 is 0 Å². The quantitative estimate of drug-likeness (QED) is 0.847. The maximum atomic E-state index is 13.3. The molecule has 17 heavy (non-hydrogen) atoms. The minimum Gasteiger partial charge on any atom is -0.309 e. The molecule has 0 heterocycles. The third-order valence-corrected chi connectivity index (χ3v) is 2.87. The van der Waals surface area contributed by atoms with Gasteiger partial charge in [-0.2, -0.15) is 0 Å². The first-order valence-corrected chi connectivity index (χ1v) is 5.76. The Morgan fingerprint density at radius 2 is 1.71 bits per heavy atom. The maximum absolute atomic E-state index is 13.3. The molecular weight excluding hydrogens is 213 g/mol. The Hall–Kier alpha value is -1.67. The molecule has 2 rings (SSSR count). The molecule has 0 aliphatic heterocycles. The van der Waals surface area contributed by atoms with Crippen molar-refractivity contribution in [2.45, 2.75) is 20.0 Å². The molecule has 0 aromatic heterocycles. The molecule has 1 nitrogen and oxygen atoms in total. The van der Waals surface area contributed by atoms with Crippen molar-refractivity contribution >= 4 is 0 Å². The van der Waals surface area contributed by atoms with Crippen molar-refractivity contribution in [3.63, 3.8) is 0 Å². The summed E-state index contributed by atoms with van der Waals surface area (Å²) in [5, 5.41) is 3.32. The fourth-order valence-electron chi connectivity index (χ4n) is 1.78. The molecule has 0 atom stereocenters. The predicted octanol–water partition coefficient (Wildman–Crippen LogP) is 3.42. The van der Waals surface area contributed by atoms with Gasteiger partial charge in [0.05, 0.1) is 0 Å². The van der Waals surface area contributed by atoms with Crippen molar-refractivity contribution in [1.29, 1.82) is 0 Å². The van der Waals surface area contributed by atoms with Crippen LogP contribution in [0.3, 0.4) is 0 Å². The van der Waals surface area contributed by atoms with Crippen LogP contribution >= 0.6 is 0 Å². The third kappa shape index (κ3) is 3.14. The number of rotatable bonds is 4. The molecule has 0 radical (unpaired) electrons. The predicted molar refractivity (Wildman–Crippen MR) is 68.1 cm³/mol. The molecule has 0 aliphatic rings. The highest BCUT2D eigenvalue weighted by molar-refractivity contribution is 5.27. The summed E-state index contributed by atoms with van der Waals surface area (Å²) >= 11 is 0. The molecule has 0 fully saturated rings. The molecule has 1 N–H and O–H groups in total. The summed E-state index contributed by atoms with van der Waals surface area (Å²) in [6, 6.07) is 15.4. The van der Waals surface area contributed by atoms with Crippen LogP contribution in [0.4, 0.5) is 4.39 Å². The monoisotopic (exact) mass is 229 g/mol. The van der Waals surface area contributed by atoms with E-state index in [0.717, 1.165) is 17.7 Å². The van der Waals surface area contributed by atoms with Gasteiger partial charge in [0.2, 0.25) is 0 Å². The zero-order valence-corrected chi connectivity index (χ0v) is 9.91. The van der Waals surface area contributed by atoms with Crippen molar-refractivity contribution in [2.75, 3.05) is 0 Å². The number of benzene rings is 2. The Balaban J connectivity index is 1.93. The van der Waals surface area contributed by atoms with Gasteiger partial charge in [-0.05, 0) is 29.7 Å². The molecular formula is C15H16FN. The average Bonchev–Trinajstić information content (AvgIpc) is 2.36. The molecule has 2 aromatic rings. The largest absolute Gasteiger partial charge is 0.309 e. The molecule has 2 heteroatoms. The second-order valence-electron chi connectivity index (χ2n) is 4.11. The van der Waals surface area contributed by atoms with Gasteiger partial charge < -0.3 is 5.32 Å². The van der Waals surface area contributed by atoms with Crippen LogP contribution in [0.15, 0.2) is 48.5 Å². The molecule has 0 unspecified atom stereocenters. The summed E-state index contributed by atoms with van der Waals surface area (Å²) in [6.45, 7) is 3.31. The standard InChI is InChI=1S/C15H16FN/c1-12-14(8-5-9-15(12)16)11-17-10-13-6-3-2-4-7-13/h2-9,17H,10-11H2,1H3. The molecule has 0 saturated heterocycles. The summed E-state index contributed by atoms with van der Waals surface area (Å²) in [5.41, 5.74) is 2.98. The highest BCUT2D eigenvalue weighted by Crippen LogP contribution is 2.11. The van der Waals surface area contributed by atoms with Gasteiger partial charge in [-0.1, -0.05) is 42.5 Å². The third-order valence-electron chi connectivity index (χ3n) is 2.87. The Morgan fingerprint density at radius 1 is 0.941 bits per heavy atom. The van der Waals surface area contributed by atoms with Crippen LogP contribution < -0.4 is 5.32 Å². The Labute approximate surface area is 101 Å². The van der Waals surface area contributed by atoms with E-state index in [9.17, 15) is 4.39 Å². The van der Waals surface area contributed by atoms with Crippen molar-refractivity contribution in [3.8, 4) is 0 Å². The van der Waals surface area contributed by atoms with E-state index in [-0.39, 0.29) is 5.82 Å². The zero-order valence-electron chi connectivity index (χ0n) is 9.91. The van der Waals surface area contributed by atoms with Crippen molar-refractivity contribution in [3.05, 3.63) is 71.0 Å². The normalized spacial score (nSPS) is 10.5. The Kier molecular flexibility index (Phi) is 3.89. The average molecular weight is 229 g/mol. The van der Waals surface area contributed by atoms with E-state index in [1.165, 1.54) is 11.6 Å². The summed E-state index contributed by atoms with van der Waals surface area (Å²) < 4.78 is 13.3. The van der Waals surface area contributed by atoms with Crippen molar-refractivity contribution < 1.29 is 4.39 Å². The molecule has 0 saturated carbocycles. The first kappa shape index (κ1) is 11.8. The van der Waals surface area contributed by atoms with E-state index in [1.807, 2.05) is 31.2 Å². The molecule has 0 bridgehead atoms. The zero-order chi connectivity index (χ0) is 12.1. The minimum atomic E-state index is -0.135. The molecule has 0 spiro atoms. The maximum Gasteiger partial charge on any atom is 0.126 e. The van der Waals surface area contributed by atoms with Gasteiger partial charge in [0.25, 0.3) is 0 Å². The highest BCUT2D eigenvalue weighted by Gasteiger charge is 2.02. The second-order valence-corrected chi connectivity index (χ2v) is 4.11. The highest BCUT2D eigenvalue weighted by atomic mass is 19.1. The smallest absolute Gasteiger partial charge is 0.126 e. The van der Waals surface area contributed by atoms with E-state index in [2.05, 4.69) is 17.4 Å². The lowest BCUT2D eigenvalue weighted by Crippen LogP contribution is -2.13. The lowest BCUT2D eigenvalue weighted by atomic mass is 10.1. The topological polar surface area (TPSA) is 12.0 Å². The van der Waals surface area contributed by atoms with Crippen molar-refractivity contribution in [2.24, 2.45) is 0 Å². The van der Waals surface area contributed by atoms with Crippen LogP contribution in [0, 0.1) is 12.7 Å². The summed E-state index contributed by atoms with van der Waals surface area (Å²) in [5.74, 6) is -0.135. The number of nitrogens with one attached hydrogen (secondary N) is 1. The molecule has 2 aromatic carbocycles. The summed E-state index contributed by atoms with van der Waals surface area (Å²) in [4.78, 5) is 0. The minimum absolute atomic E-state index is 0.135. The van der Waals surface area contributed by atoms with E-state index in [0.29, 0.717) is 6.54 Å². The van der Waals surface area contributed by atoms with Gasteiger partial charge in [-0.15, -0.1) is 0 Å². The van der Waals surface area contributed by atoms with Crippen LogP contribution in [0.5, 0.6) is 0 Å². The number of hydrogen-bond acceptors (Lipinski definition) is 1. The Morgan fingerprint density at radius 3 is 2.47 bits per heavy atom. The Bertz CT molecular complexity index is 480. The van der Waals surface area contributed by atoms with Gasteiger partial charge in [0.1, 0.15) is 5.82 Å². The first-order valence-electron chi connectivity index (χ1n) is 5.76. The lowest BCUT2D eigenvalue weighted by molar-refractivity contribution is 0.609. The van der Waals surface area contributed by atoms with Crippen molar-refractivity contribution in [1.82, 2.24) is 5.32 Å². The van der Waals surface area contributed by atoms with Crippen LogP contribution in [0.2, 0.25) is 0 Å². The van der Waals surface area contributed by atoms with E-state index in [1.54, 1.807) is 6.07 Å². The van der Waals surface area contributed by atoms with Gasteiger partial charge >= 0.3 is 0 Å². The van der Waals surface area contributed by atoms with Crippen LogP contribution in [-0.4, -0.2) is 0 Å².